The number of aromatic nitrogens is 1. The van der Waals surface area contributed by atoms with Crippen molar-refractivity contribution in [1.82, 2.24) is 9.88 Å². The van der Waals surface area contributed by atoms with E-state index < -0.39 is 18.1 Å². The number of ether oxygens (including phenoxy) is 2. The minimum absolute atomic E-state index is 0.0693. The molecule has 2 aromatic heterocycles. The molecule has 1 unspecified atom stereocenters. The normalized spacial score (nSPS) is 19.3. The molecule has 0 saturated carbocycles. The van der Waals surface area contributed by atoms with Gasteiger partial charge in [-0.25, -0.2) is 9.59 Å². The number of nitrogens with zero attached hydrogens (tertiary/aromatic N) is 3. The van der Waals surface area contributed by atoms with Gasteiger partial charge in [0.1, 0.15) is 12.1 Å². The van der Waals surface area contributed by atoms with Crippen molar-refractivity contribution in [1.29, 1.82) is 5.26 Å². The van der Waals surface area contributed by atoms with Crippen LogP contribution in [0.15, 0.2) is 30.6 Å². The van der Waals surface area contributed by atoms with Crippen LogP contribution in [0.4, 0.5) is 4.79 Å². The van der Waals surface area contributed by atoms with Crippen LogP contribution in [0, 0.1) is 17.2 Å². The Hall–Kier alpha value is -3.51. The second-order valence-electron chi connectivity index (χ2n) is 8.74. The molecule has 3 heterocycles. The van der Waals surface area contributed by atoms with Crippen LogP contribution in [0.25, 0.3) is 6.08 Å². The fourth-order valence-electron chi connectivity index (χ4n) is 4.63. The highest BCUT2D eigenvalue weighted by atomic mass is 32.1. The fraction of sp³-hybridized carbons (Fsp3) is 0.423. The third-order valence-electron chi connectivity index (χ3n) is 6.44. The van der Waals surface area contributed by atoms with Crippen LogP contribution in [0.2, 0.25) is 0 Å². The molecule has 182 valence electrons. The Balaban J connectivity index is 1.35. The third-order valence-corrected chi connectivity index (χ3v) is 7.69. The maximum Gasteiger partial charge on any atom is 0.410 e. The summed E-state index contributed by atoms with van der Waals surface area (Å²) >= 11 is 1.51. The van der Waals surface area contributed by atoms with Gasteiger partial charge in [0.05, 0.1) is 19.3 Å². The number of ketones is 1. The number of esters is 1. The molecule has 2 aliphatic rings. The van der Waals surface area contributed by atoms with E-state index >= 15 is 0 Å². The molecule has 0 bridgehead atoms. The summed E-state index contributed by atoms with van der Waals surface area (Å²) in [5.41, 5.74) is 2.47. The van der Waals surface area contributed by atoms with E-state index in [4.69, 9.17) is 9.47 Å². The molecule has 8 nitrogen and oxygen atoms in total. The number of fused-ring (bicyclic) bond motifs is 1. The summed E-state index contributed by atoms with van der Waals surface area (Å²) in [5, 5.41) is 9.74. The minimum atomic E-state index is -0.576. The molecule has 1 aliphatic heterocycles. The van der Waals surface area contributed by atoms with Crippen molar-refractivity contribution in [3.8, 4) is 6.07 Å². The number of carbonyl (C=O) groups excluding carboxylic acids is 3. The number of methoxy groups -OCH3 is 1. The SMILES string of the molecule is COC(=O)[C@@H]1CCCN1C(=O)OCC1CCc2c(sc(CC(=O)/C=C/c3cccnc3)c2C#N)C1. The average molecular weight is 494 g/mol. The third kappa shape index (κ3) is 5.77. The molecule has 1 saturated heterocycles. The molecule has 0 spiro atoms. The van der Waals surface area contributed by atoms with Gasteiger partial charge in [-0.15, -0.1) is 11.3 Å². The Kier molecular flexibility index (Phi) is 7.93. The number of likely N-dealkylation sites (tertiary alicyclic amines) is 1. The first-order valence-electron chi connectivity index (χ1n) is 11.7. The summed E-state index contributed by atoms with van der Waals surface area (Å²) < 4.78 is 10.4. The lowest BCUT2D eigenvalue weighted by atomic mass is 9.87. The monoisotopic (exact) mass is 493 g/mol. The minimum Gasteiger partial charge on any atom is -0.467 e. The van der Waals surface area contributed by atoms with Crippen molar-refractivity contribution in [2.24, 2.45) is 5.92 Å². The van der Waals surface area contributed by atoms with E-state index in [1.54, 1.807) is 18.5 Å². The lowest BCUT2D eigenvalue weighted by Gasteiger charge is -2.25. The number of carbonyl (C=O) groups is 3. The number of hydrogen-bond acceptors (Lipinski definition) is 8. The van der Waals surface area contributed by atoms with E-state index in [9.17, 15) is 19.6 Å². The summed E-state index contributed by atoms with van der Waals surface area (Å²) in [5.74, 6) is -0.355. The molecule has 0 radical (unpaired) electrons. The highest BCUT2D eigenvalue weighted by Gasteiger charge is 2.36. The Morgan fingerprint density at radius 1 is 1.34 bits per heavy atom. The van der Waals surface area contributed by atoms with Gasteiger partial charge < -0.3 is 9.47 Å². The van der Waals surface area contributed by atoms with Gasteiger partial charge in [-0.1, -0.05) is 6.07 Å². The lowest BCUT2D eigenvalue weighted by molar-refractivity contribution is -0.145. The van der Waals surface area contributed by atoms with Gasteiger partial charge in [0.25, 0.3) is 0 Å². The first-order chi connectivity index (χ1) is 17.0. The summed E-state index contributed by atoms with van der Waals surface area (Å²) in [6.45, 7) is 0.737. The maximum atomic E-state index is 12.6. The largest absolute Gasteiger partial charge is 0.467 e. The van der Waals surface area contributed by atoms with Crippen LogP contribution in [0.1, 0.15) is 45.7 Å². The van der Waals surface area contributed by atoms with E-state index in [0.29, 0.717) is 31.4 Å². The first kappa shape index (κ1) is 24.6. The number of allylic oxidation sites excluding steroid dienone is 1. The maximum absolute atomic E-state index is 12.6. The van der Waals surface area contributed by atoms with Crippen LogP contribution < -0.4 is 0 Å². The highest BCUT2D eigenvalue weighted by molar-refractivity contribution is 7.12. The topological polar surface area (TPSA) is 110 Å². The van der Waals surface area contributed by atoms with E-state index in [0.717, 1.165) is 33.7 Å². The average Bonchev–Trinajstić information content (AvgIpc) is 3.50. The molecule has 2 atom stereocenters. The molecular formula is C26H27N3O5S. The standard InChI is InChI=1S/C26H27N3O5S/c1-33-25(31)22-5-3-11-29(22)26(32)34-16-18-7-9-20-21(14-27)24(35-23(20)12-18)13-19(30)8-6-17-4-2-10-28-15-17/h2,4,6,8,10,15,18,22H,3,5,7,9,11-13,16H2,1H3/b8-6+/t18?,22-/m0/s1. The smallest absolute Gasteiger partial charge is 0.410 e. The second kappa shape index (κ2) is 11.3. The molecule has 1 amide bonds. The molecule has 2 aromatic rings. The Morgan fingerprint density at radius 2 is 2.20 bits per heavy atom. The molecule has 4 rings (SSSR count). The van der Waals surface area contributed by atoms with E-state index in [1.807, 2.05) is 12.1 Å². The highest BCUT2D eigenvalue weighted by Crippen LogP contribution is 2.37. The summed E-state index contributed by atoms with van der Waals surface area (Å²) in [7, 11) is 1.32. The van der Waals surface area contributed by atoms with Gasteiger partial charge in [-0.3, -0.25) is 14.7 Å². The number of nitriles is 1. The van der Waals surface area contributed by atoms with Crippen molar-refractivity contribution in [3.63, 3.8) is 0 Å². The summed E-state index contributed by atoms with van der Waals surface area (Å²) in [4.78, 5) is 44.3. The molecule has 35 heavy (non-hydrogen) atoms. The zero-order valence-corrected chi connectivity index (χ0v) is 20.4. The van der Waals surface area contributed by atoms with Crippen molar-refractivity contribution < 1.29 is 23.9 Å². The van der Waals surface area contributed by atoms with Gasteiger partial charge in [-0.05, 0) is 67.4 Å². The Labute approximate surface area is 208 Å². The molecule has 1 aliphatic carbocycles. The van der Waals surface area contributed by atoms with Gasteiger partial charge >= 0.3 is 12.1 Å². The molecule has 0 N–H and O–H groups in total. The second-order valence-corrected chi connectivity index (χ2v) is 9.93. The van der Waals surface area contributed by atoms with Gasteiger partial charge in [0.2, 0.25) is 0 Å². The van der Waals surface area contributed by atoms with E-state index in [1.165, 1.54) is 29.4 Å². The molecule has 9 heteroatoms. The zero-order chi connectivity index (χ0) is 24.8. The number of pyridine rings is 1. The Morgan fingerprint density at radius 3 is 2.94 bits per heavy atom. The summed E-state index contributed by atoms with van der Waals surface area (Å²) in [6, 6.07) is 5.39. The lowest BCUT2D eigenvalue weighted by Crippen LogP contribution is -2.42. The molecule has 0 aromatic carbocycles. The van der Waals surface area contributed by atoms with Gasteiger partial charge in [-0.2, -0.15) is 5.26 Å². The number of rotatable bonds is 7. The van der Waals surface area contributed by atoms with E-state index in [-0.39, 0.29) is 24.7 Å². The van der Waals surface area contributed by atoms with Crippen LogP contribution in [-0.4, -0.2) is 54.0 Å². The first-order valence-corrected chi connectivity index (χ1v) is 12.5. The van der Waals surface area contributed by atoms with Crippen LogP contribution in [0.3, 0.4) is 0 Å². The quantitative estimate of drug-likeness (QED) is 0.427. The zero-order valence-electron chi connectivity index (χ0n) is 19.6. The predicted octanol–water partition coefficient (Wildman–Crippen LogP) is 3.72. The van der Waals surface area contributed by atoms with Crippen molar-refractivity contribution in [2.45, 2.75) is 44.6 Å². The molecular weight excluding hydrogens is 466 g/mol. The van der Waals surface area contributed by atoms with Crippen molar-refractivity contribution in [3.05, 3.63) is 57.0 Å². The van der Waals surface area contributed by atoms with Crippen LogP contribution >= 0.6 is 11.3 Å². The number of hydrogen-bond donors (Lipinski definition) is 0. The van der Waals surface area contributed by atoms with Gasteiger partial charge in [0.15, 0.2) is 5.78 Å². The van der Waals surface area contributed by atoms with Crippen LogP contribution in [-0.2, 0) is 38.3 Å². The fourth-order valence-corrected chi connectivity index (χ4v) is 6.06. The van der Waals surface area contributed by atoms with Crippen molar-refractivity contribution in [2.75, 3.05) is 20.3 Å². The predicted molar refractivity (Wildman–Crippen MR) is 130 cm³/mol. The summed E-state index contributed by atoms with van der Waals surface area (Å²) in [6.07, 6.45) is 9.83. The van der Waals surface area contributed by atoms with E-state index in [2.05, 4.69) is 11.1 Å². The van der Waals surface area contributed by atoms with Gasteiger partial charge in [0, 0.05) is 35.1 Å². The Bertz CT molecular complexity index is 1170. The van der Waals surface area contributed by atoms with Crippen molar-refractivity contribution >= 4 is 35.3 Å². The number of thiophene rings is 1. The van der Waals surface area contributed by atoms with Crippen LogP contribution in [0.5, 0.6) is 0 Å². The molecule has 1 fully saturated rings. The number of amides is 1.